The number of hydrogen-bond donors (Lipinski definition) is 2. The molecule has 0 atom stereocenters. The van der Waals surface area contributed by atoms with Crippen molar-refractivity contribution < 1.29 is 4.79 Å². The Kier molecular flexibility index (Phi) is 4.21. The van der Waals surface area contributed by atoms with Gasteiger partial charge in [0.1, 0.15) is 5.82 Å². The van der Waals surface area contributed by atoms with E-state index in [0.29, 0.717) is 11.5 Å². The van der Waals surface area contributed by atoms with Gasteiger partial charge < -0.3 is 10.6 Å². The molecule has 1 aromatic rings. The van der Waals surface area contributed by atoms with E-state index in [-0.39, 0.29) is 22.8 Å². The number of nitrogens with zero attached hydrogens (tertiary/aromatic N) is 2. The first-order valence-corrected chi connectivity index (χ1v) is 7.53. The third kappa shape index (κ3) is 4.16. The zero-order chi connectivity index (χ0) is 15.7. The van der Waals surface area contributed by atoms with E-state index in [1.165, 1.54) is 6.42 Å². The average molecular weight is 290 g/mol. The van der Waals surface area contributed by atoms with Crippen LogP contribution in [-0.4, -0.2) is 29.2 Å². The Labute approximate surface area is 126 Å². The highest BCUT2D eigenvalue weighted by Gasteiger charge is 2.39. The van der Waals surface area contributed by atoms with Gasteiger partial charge in [-0.05, 0) is 42.2 Å². The van der Waals surface area contributed by atoms with E-state index in [0.717, 1.165) is 12.8 Å². The maximum Gasteiger partial charge on any atom is 0.272 e. The summed E-state index contributed by atoms with van der Waals surface area (Å²) in [6.07, 6.45) is 3.19. The van der Waals surface area contributed by atoms with Crippen molar-refractivity contribution in [3.8, 4) is 0 Å². The second-order valence-corrected chi connectivity index (χ2v) is 7.64. The van der Waals surface area contributed by atoms with Crippen LogP contribution in [0.2, 0.25) is 0 Å². The molecule has 0 aromatic carbocycles. The lowest BCUT2D eigenvalue weighted by Gasteiger charge is -2.45. The zero-order valence-electron chi connectivity index (χ0n) is 13.7. The normalized spacial score (nSPS) is 20.8. The van der Waals surface area contributed by atoms with Crippen LogP contribution < -0.4 is 10.6 Å². The molecule has 1 aromatic heterocycles. The molecular formula is C16H26N4O. The maximum absolute atomic E-state index is 12.3. The quantitative estimate of drug-likeness (QED) is 0.898. The average Bonchev–Trinajstić information content (AvgIpc) is 2.35. The Hall–Kier alpha value is -1.65. The van der Waals surface area contributed by atoms with Crippen molar-refractivity contribution in [3.05, 3.63) is 17.8 Å². The molecule has 1 fully saturated rings. The number of nitrogens with one attached hydrogen (secondary N) is 2. The highest BCUT2D eigenvalue weighted by Crippen LogP contribution is 2.45. The first-order valence-electron chi connectivity index (χ1n) is 7.53. The molecular weight excluding hydrogens is 264 g/mol. The lowest BCUT2D eigenvalue weighted by molar-refractivity contribution is 0.0710. The Balaban J connectivity index is 2.04. The third-order valence-corrected chi connectivity index (χ3v) is 4.04. The fourth-order valence-corrected chi connectivity index (χ4v) is 3.79. The molecule has 21 heavy (non-hydrogen) atoms. The van der Waals surface area contributed by atoms with Crippen molar-refractivity contribution in [2.75, 3.05) is 12.4 Å². The fraction of sp³-hybridized carbons (Fsp3) is 0.688. The summed E-state index contributed by atoms with van der Waals surface area (Å²) in [5, 5.41) is 13.9. The van der Waals surface area contributed by atoms with Gasteiger partial charge in [-0.15, -0.1) is 10.2 Å². The Morgan fingerprint density at radius 2 is 1.76 bits per heavy atom. The predicted molar refractivity (Wildman–Crippen MR) is 84.2 cm³/mol. The summed E-state index contributed by atoms with van der Waals surface area (Å²) < 4.78 is 0. The molecule has 0 saturated heterocycles. The van der Waals surface area contributed by atoms with Gasteiger partial charge in [-0.1, -0.05) is 27.7 Å². The largest absolute Gasteiger partial charge is 0.372 e. The van der Waals surface area contributed by atoms with E-state index in [9.17, 15) is 4.79 Å². The fourth-order valence-electron chi connectivity index (χ4n) is 3.79. The monoisotopic (exact) mass is 290 g/mol. The molecule has 0 bridgehead atoms. The first kappa shape index (κ1) is 15.7. The molecule has 2 N–H and O–H groups in total. The molecule has 116 valence electrons. The van der Waals surface area contributed by atoms with Crippen LogP contribution in [0, 0.1) is 10.8 Å². The smallest absolute Gasteiger partial charge is 0.272 e. The van der Waals surface area contributed by atoms with Crippen LogP contribution >= 0.6 is 0 Å². The highest BCUT2D eigenvalue weighted by atomic mass is 16.2. The molecule has 0 radical (unpaired) electrons. The highest BCUT2D eigenvalue weighted by molar-refractivity contribution is 5.92. The van der Waals surface area contributed by atoms with Gasteiger partial charge in [0.2, 0.25) is 0 Å². The number of carbonyl (C=O) groups is 1. The topological polar surface area (TPSA) is 66.9 Å². The summed E-state index contributed by atoms with van der Waals surface area (Å²) >= 11 is 0. The standard InChI is InChI=1S/C16H26N4O/c1-15(2)8-11(9-16(3,4)10-15)18-14(21)12-6-7-13(17-5)20-19-12/h6-7,11H,8-10H2,1-5H3,(H,17,20)(H,18,21). The molecule has 1 aliphatic rings. The molecule has 1 heterocycles. The van der Waals surface area contributed by atoms with Crippen LogP contribution in [-0.2, 0) is 0 Å². The number of aromatic nitrogens is 2. The number of carbonyl (C=O) groups excluding carboxylic acids is 1. The van der Waals surface area contributed by atoms with Crippen LogP contribution in [0.15, 0.2) is 12.1 Å². The molecule has 0 aliphatic heterocycles. The minimum absolute atomic E-state index is 0.136. The third-order valence-electron chi connectivity index (χ3n) is 4.04. The van der Waals surface area contributed by atoms with E-state index in [1.807, 2.05) is 0 Å². The molecule has 1 aliphatic carbocycles. The van der Waals surface area contributed by atoms with Gasteiger partial charge >= 0.3 is 0 Å². The molecule has 0 spiro atoms. The number of amides is 1. The summed E-state index contributed by atoms with van der Waals surface area (Å²) in [6.45, 7) is 9.09. The van der Waals surface area contributed by atoms with Crippen LogP contribution in [0.1, 0.15) is 57.4 Å². The van der Waals surface area contributed by atoms with Crippen molar-refractivity contribution >= 4 is 11.7 Å². The number of hydrogen-bond acceptors (Lipinski definition) is 4. The SMILES string of the molecule is CNc1ccc(C(=O)NC2CC(C)(C)CC(C)(C)C2)nn1. The lowest BCUT2D eigenvalue weighted by atomic mass is 9.63. The summed E-state index contributed by atoms with van der Waals surface area (Å²) in [5.74, 6) is 0.523. The number of anilines is 1. The van der Waals surface area contributed by atoms with Gasteiger partial charge in [0.05, 0.1) is 0 Å². The van der Waals surface area contributed by atoms with Gasteiger partial charge in [0, 0.05) is 13.1 Å². The van der Waals surface area contributed by atoms with Crippen LogP contribution in [0.25, 0.3) is 0 Å². The van der Waals surface area contributed by atoms with E-state index >= 15 is 0 Å². The van der Waals surface area contributed by atoms with E-state index in [2.05, 4.69) is 48.5 Å². The van der Waals surface area contributed by atoms with E-state index in [4.69, 9.17) is 0 Å². The molecule has 0 unspecified atom stereocenters. The van der Waals surface area contributed by atoms with E-state index in [1.54, 1.807) is 19.2 Å². The first-order chi connectivity index (χ1) is 9.71. The van der Waals surface area contributed by atoms with Crippen LogP contribution in [0.4, 0.5) is 5.82 Å². The van der Waals surface area contributed by atoms with Gasteiger partial charge in [0.25, 0.3) is 5.91 Å². The summed E-state index contributed by atoms with van der Waals surface area (Å²) in [5.41, 5.74) is 0.873. The number of rotatable bonds is 3. The molecule has 5 heteroatoms. The second kappa shape index (κ2) is 5.62. The van der Waals surface area contributed by atoms with Crippen LogP contribution in [0.5, 0.6) is 0 Å². The Morgan fingerprint density at radius 3 is 2.24 bits per heavy atom. The Bertz CT molecular complexity index is 492. The van der Waals surface area contributed by atoms with Crippen molar-refractivity contribution in [1.29, 1.82) is 0 Å². The van der Waals surface area contributed by atoms with Gasteiger partial charge in [-0.2, -0.15) is 0 Å². The summed E-state index contributed by atoms with van der Waals surface area (Å²) in [6, 6.07) is 3.66. The second-order valence-electron chi connectivity index (χ2n) is 7.64. The molecule has 1 amide bonds. The zero-order valence-corrected chi connectivity index (χ0v) is 13.7. The van der Waals surface area contributed by atoms with Gasteiger partial charge in [-0.25, -0.2) is 0 Å². The minimum atomic E-state index is -0.136. The lowest BCUT2D eigenvalue weighted by Crippen LogP contribution is -2.46. The summed E-state index contributed by atoms with van der Waals surface area (Å²) in [4.78, 5) is 12.3. The molecule has 2 rings (SSSR count). The Morgan fingerprint density at radius 1 is 1.14 bits per heavy atom. The molecule has 5 nitrogen and oxygen atoms in total. The molecule has 1 saturated carbocycles. The van der Waals surface area contributed by atoms with Crippen molar-refractivity contribution in [2.45, 2.75) is 53.0 Å². The van der Waals surface area contributed by atoms with E-state index < -0.39 is 0 Å². The summed E-state index contributed by atoms with van der Waals surface area (Å²) in [7, 11) is 1.77. The van der Waals surface area contributed by atoms with Crippen molar-refractivity contribution in [1.82, 2.24) is 15.5 Å². The van der Waals surface area contributed by atoms with Crippen molar-refractivity contribution in [2.24, 2.45) is 10.8 Å². The van der Waals surface area contributed by atoms with Gasteiger partial charge in [0.15, 0.2) is 5.69 Å². The van der Waals surface area contributed by atoms with Gasteiger partial charge in [-0.3, -0.25) is 4.79 Å². The predicted octanol–water partition coefficient (Wildman–Crippen LogP) is 2.85. The maximum atomic E-state index is 12.3. The minimum Gasteiger partial charge on any atom is -0.372 e. The van der Waals surface area contributed by atoms with Crippen LogP contribution in [0.3, 0.4) is 0 Å². The van der Waals surface area contributed by atoms with Crippen molar-refractivity contribution in [3.63, 3.8) is 0 Å².